The van der Waals surface area contributed by atoms with E-state index >= 15 is 0 Å². The molecule has 94 valence electrons. The van der Waals surface area contributed by atoms with Gasteiger partial charge in [-0.1, -0.05) is 0 Å². The topological polar surface area (TPSA) is 39.7 Å². The van der Waals surface area contributed by atoms with Crippen LogP contribution in [0.15, 0.2) is 12.1 Å². The van der Waals surface area contributed by atoms with Crippen molar-refractivity contribution < 1.29 is 14.2 Å². The van der Waals surface area contributed by atoms with E-state index in [1.54, 1.807) is 14.2 Å². The minimum absolute atomic E-state index is 0.198. The standard InChI is InChI=1S/C13H19NO3/c1-9-12(15-2)5-4-10(13(9)16-3)11-8-17-7-6-14-11/h4-5,11,14H,6-8H2,1-3H3. The van der Waals surface area contributed by atoms with E-state index < -0.39 is 0 Å². The first-order valence-corrected chi connectivity index (χ1v) is 5.80. The number of rotatable bonds is 3. The Hall–Kier alpha value is -1.26. The minimum atomic E-state index is 0.198. The molecule has 4 heteroatoms. The molecule has 0 bridgehead atoms. The predicted molar refractivity (Wildman–Crippen MR) is 65.8 cm³/mol. The molecule has 0 saturated carbocycles. The van der Waals surface area contributed by atoms with Crippen LogP contribution in [0.4, 0.5) is 0 Å². The third-order valence-electron chi connectivity index (χ3n) is 3.11. The van der Waals surface area contributed by atoms with Crippen LogP contribution in [0, 0.1) is 6.92 Å². The first-order chi connectivity index (χ1) is 8.27. The van der Waals surface area contributed by atoms with Crippen molar-refractivity contribution >= 4 is 0 Å². The monoisotopic (exact) mass is 237 g/mol. The Balaban J connectivity index is 2.35. The second kappa shape index (κ2) is 5.38. The van der Waals surface area contributed by atoms with Gasteiger partial charge in [0.1, 0.15) is 11.5 Å². The molecule has 0 radical (unpaired) electrons. The molecular weight excluding hydrogens is 218 g/mol. The zero-order valence-corrected chi connectivity index (χ0v) is 10.6. The van der Waals surface area contributed by atoms with Crippen molar-refractivity contribution in [2.75, 3.05) is 34.0 Å². The first-order valence-electron chi connectivity index (χ1n) is 5.80. The van der Waals surface area contributed by atoms with E-state index in [4.69, 9.17) is 14.2 Å². The van der Waals surface area contributed by atoms with Crippen LogP contribution >= 0.6 is 0 Å². The Bertz CT molecular complexity index is 386. The van der Waals surface area contributed by atoms with Gasteiger partial charge in [-0.25, -0.2) is 0 Å². The molecule has 2 rings (SSSR count). The van der Waals surface area contributed by atoms with Crippen LogP contribution in [0.25, 0.3) is 0 Å². The Morgan fingerprint density at radius 1 is 1.29 bits per heavy atom. The van der Waals surface area contributed by atoms with E-state index in [-0.39, 0.29) is 6.04 Å². The van der Waals surface area contributed by atoms with E-state index in [9.17, 15) is 0 Å². The average molecular weight is 237 g/mol. The fraction of sp³-hybridized carbons (Fsp3) is 0.538. The van der Waals surface area contributed by atoms with Gasteiger partial charge < -0.3 is 19.5 Å². The average Bonchev–Trinajstić information content (AvgIpc) is 2.39. The lowest BCUT2D eigenvalue weighted by molar-refractivity contribution is 0.0760. The minimum Gasteiger partial charge on any atom is -0.496 e. The largest absolute Gasteiger partial charge is 0.496 e. The van der Waals surface area contributed by atoms with Crippen LogP contribution in [0.3, 0.4) is 0 Å². The second-order valence-electron chi connectivity index (χ2n) is 4.10. The molecular formula is C13H19NO3. The van der Waals surface area contributed by atoms with E-state index in [1.807, 2.05) is 19.1 Å². The zero-order chi connectivity index (χ0) is 12.3. The second-order valence-corrected chi connectivity index (χ2v) is 4.10. The van der Waals surface area contributed by atoms with Gasteiger partial charge in [-0.3, -0.25) is 0 Å². The van der Waals surface area contributed by atoms with Crippen LogP contribution in [0.1, 0.15) is 17.2 Å². The number of methoxy groups -OCH3 is 2. The van der Waals surface area contributed by atoms with E-state index in [0.29, 0.717) is 6.61 Å². The van der Waals surface area contributed by atoms with Crippen LogP contribution in [0.5, 0.6) is 11.5 Å². The summed E-state index contributed by atoms with van der Waals surface area (Å²) >= 11 is 0. The third-order valence-corrected chi connectivity index (χ3v) is 3.11. The van der Waals surface area contributed by atoms with Crippen molar-refractivity contribution in [2.45, 2.75) is 13.0 Å². The number of ether oxygens (including phenoxy) is 3. The van der Waals surface area contributed by atoms with Gasteiger partial charge in [0, 0.05) is 17.7 Å². The molecule has 1 unspecified atom stereocenters. The molecule has 17 heavy (non-hydrogen) atoms. The summed E-state index contributed by atoms with van der Waals surface area (Å²) < 4.78 is 16.3. The zero-order valence-electron chi connectivity index (χ0n) is 10.6. The summed E-state index contributed by atoms with van der Waals surface area (Å²) in [5, 5.41) is 3.43. The maximum atomic E-state index is 5.50. The highest BCUT2D eigenvalue weighted by Gasteiger charge is 2.21. The number of benzene rings is 1. The summed E-state index contributed by atoms with van der Waals surface area (Å²) in [5.41, 5.74) is 2.16. The summed E-state index contributed by atoms with van der Waals surface area (Å²) in [5.74, 6) is 1.73. The number of hydrogen-bond acceptors (Lipinski definition) is 4. The maximum Gasteiger partial charge on any atom is 0.130 e. The summed E-state index contributed by atoms with van der Waals surface area (Å²) in [6, 6.07) is 4.21. The molecule has 0 spiro atoms. The van der Waals surface area contributed by atoms with Crippen molar-refractivity contribution in [3.8, 4) is 11.5 Å². The van der Waals surface area contributed by atoms with Crippen molar-refractivity contribution in [3.05, 3.63) is 23.3 Å². The molecule has 1 aromatic carbocycles. The number of hydrogen-bond donors (Lipinski definition) is 1. The molecule has 4 nitrogen and oxygen atoms in total. The predicted octanol–water partition coefficient (Wildman–Crippen LogP) is 1.67. The first kappa shape index (κ1) is 12.2. The smallest absolute Gasteiger partial charge is 0.130 e. The van der Waals surface area contributed by atoms with Crippen LogP contribution in [-0.2, 0) is 4.74 Å². The molecule has 1 aromatic rings. The molecule has 1 heterocycles. The molecule has 1 N–H and O–H groups in total. The summed E-state index contributed by atoms with van der Waals surface area (Å²) in [6.45, 7) is 4.33. The maximum absolute atomic E-state index is 5.50. The normalized spacial score (nSPS) is 20.1. The van der Waals surface area contributed by atoms with Gasteiger partial charge in [0.25, 0.3) is 0 Å². The Morgan fingerprint density at radius 3 is 2.71 bits per heavy atom. The van der Waals surface area contributed by atoms with Crippen LogP contribution in [-0.4, -0.2) is 34.0 Å². The molecule has 1 aliphatic heterocycles. The van der Waals surface area contributed by atoms with Crippen molar-refractivity contribution in [1.29, 1.82) is 0 Å². The molecule has 1 fully saturated rings. The Labute approximate surface area is 102 Å². The third kappa shape index (κ3) is 2.37. The van der Waals surface area contributed by atoms with Crippen molar-refractivity contribution in [1.82, 2.24) is 5.32 Å². The van der Waals surface area contributed by atoms with Gasteiger partial charge in [-0.2, -0.15) is 0 Å². The molecule has 1 aliphatic rings. The highest BCUT2D eigenvalue weighted by atomic mass is 16.5. The van der Waals surface area contributed by atoms with E-state index in [1.165, 1.54) is 0 Å². The van der Waals surface area contributed by atoms with Crippen molar-refractivity contribution in [3.63, 3.8) is 0 Å². The van der Waals surface area contributed by atoms with Gasteiger partial charge >= 0.3 is 0 Å². The Kier molecular flexibility index (Phi) is 3.86. The van der Waals surface area contributed by atoms with E-state index in [2.05, 4.69) is 5.32 Å². The van der Waals surface area contributed by atoms with Gasteiger partial charge in [0.15, 0.2) is 0 Å². The highest BCUT2D eigenvalue weighted by Crippen LogP contribution is 2.35. The van der Waals surface area contributed by atoms with Crippen LogP contribution < -0.4 is 14.8 Å². The summed E-state index contributed by atoms with van der Waals surface area (Å²) in [4.78, 5) is 0. The lowest BCUT2D eigenvalue weighted by Gasteiger charge is -2.26. The SMILES string of the molecule is COc1ccc(C2COCCN2)c(OC)c1C. The quantitative estimate of drug-likeness (QED) is 0.868. The van der Waals surface area contributed by atoms with Gasteiger partial charge in [0.2, 0.25) is 0 Å². The van der Waals surface area contributed by atoms with Gasteiger partial charge in [-0.15, -0.1) is 0 Å². The molecule has 0 aliphatic carbocycles. The number of morpholine rings is 1. The molecule has 1 atom stereocenters. The lowest BCUT2D eigenvalue weighted by atomic mass is 10.0. The fourth-order valence-corrected chi connectivity index (χ4v) is 2.23. The van der Waals surface area contributed by atoms with Gasteiger partial charge in [0.05, 0.1) is 33.5 Å². The summed E-state index contributed by atoms with van der Waals surface area (Å²) in [7, 11) is 3.36. The molecule has 0 aromatic heterocycles. The number of nitrogens with one attached hydrogen (secondary N) is 1. The van der Waals surface area contributed by atoms with Crippen LogP contribution in [0.2, 0.25) is 0 Å². The Morgan fingerprint density at radius 2 is 2.12 bits per heavy atom. The van der Waals surface area contributed by atoms with Crippen molar-refractivity contribution in [2.24, 2.45) is 0 Å². The molecule has 0 amide bonds. The fourth-order valence-electron chi connectivity index (χ4n) is 2.23. The summed E-state index contributed by atoms with van der Waals surface area (Å²) in [6.07, 6.45) is 0. The highest BCUT2D eigenvalue weighted by molar-refractivity contribution is 5.50. The van der Waals surface area contributed by atoms with Gasteiger partial charge in [-0.05, 0) is 19.1 Å². The molecule has 1 saturated heterocycles. The lowest BCUT2D eigenvalue weighted by Crippen LogP contribution is -2.34. The van der Waals surface area contributed by atoms with E-state index in [0.717, 1.165) is 35.8 Å².